The van der Waals surface area contributed by atoms with Crippen molar-refractivity contribution < 1.29 is 9.18 Å². The quantitative estimate of drug-likeness (QED) is 0.735. The maximum atomic E-state index is 12.8. The molecular formula is C14H12FN3OS2. The highest BCUT2D eigenvalue weighted by molar-refractivity contribution is 8.00. The Kier molecular flexibility index (Phi) is 4.21. The number of nitrogens with one attached hydrogen (secondary N) is 1. The number of nitrogens with zero attached hydrogens (tertiary/aromatic N) is 2. The first-order chi connectivity index (χ1) is 10.2. The van der Waals surface area contributed by atoms with E-state index in [1.54, 1.807) is 23.5 Å². The summed E-state index contributed by atoms with van der Waals surface area (Å²) in [6.07, 6.45) is 3.84. The highest BCUT2D eigenvalue weighted by Gasteiger charge is 2.06. The molecule has 0 unspecified atom stereocenters. The number of thioether (sulfide) groups is 1. The largest absolute Gasteiger partial charge is 0.350 e. The molecule has 0 fully saturated rings. The fraction of sp³-hybridized carbons (Fsp3) is 0.143. The average Bonchev–Trinajstić information content (AvgIpc) is 3.05. The van der Waals surface area contributed by atoms with Gasteiger partial charge in [0.15, 0.2) is 4.96 Å². The van der Waals surface area contributed by atoms with Crippen LogP contribution in [0.2, 0.25) is 0 Å². The summed E-state index contributed by atoms with van der Waals surface area (Å²) in [6, 6.07) is 6.10. The summed E-state index contributed by atoms with van der Waals surface area (Å²) in [6.45, 7) is 0.414. The molecule has 0 aliphatic carbocycles. The van der Waals surface area contributed by atoms with Crippen LogP contribution in [0.1, 0.15) is 5.69 Å². The zero-order valence-electron chi connectivity index (χ0n) is 11.0. The number of halogens is 1. The number of carbonyl (C=O) groups is 1. The van der Waals surface area contributed by atoms with Gasteiger partial charge in [0.2, 0.25) is 5.91 Å². The van der Waals surface area contributed by atoms with Gasteiger partial charge in [0.1, 0.15) is 5.82 Å². The third-order valence-corrected chi connectivity index (χ3v) is 4.58. The summed E-state index contributed by atoms with van der Waals surface area (Å²) in [7, 11) is 0. The zero-order chi connectivity index (χ0) is 14.7. The number of amides is 1. The molecule has 2 heterocycles. The van der Waals surface area contributed by atoms with E-state index in [4.69, 9.17) is 0 Å². The van der Waals surface area contributed by atoms with E-state index in [-0.39, 0.29) is 11.7 Å². The van der Waals surface area contributed by atoms with E-state index in [0.717, 1.165) is 15.6 Å². The maximum absolute atomic E-state index is 12.8. The van der Waals surface area contributed by atoms with E-state index in [2.05, 4.69) is 10.3 Å². The molecule has 0 aliphatic rings. The number of fused-ring (bicyclic) bond motifs is 1. The minimum absolute atomic E-state index is 0.0688. The minimum Gasteiger partial charge on any atom is -0.350 e. The number of imidazole rings is 1. The van der Waals surface area contributed by atoms with E-state index in [1.807, 2.05) is 22.2 Å². The van der Waals surface area contributed by atoms with Gasteiger partial charge in [-0.3, -0.25) is 9.20 Å². The zero-order valence-corrected chi connectivity index (χ0v) is 12.6. The molecule has 0 aliphatic heterocycles. The van der Waals surface area contributed by atoms with Crippen LogP contribution in [0.15, 0.2) is 46.9 Å². The van der Waals surface area contributed by atoms with E-state index in [0.29, 0.717) is 12.3 Å². The summed E-state index contributed by atoms with van der Waals surface area (Å²) in [4.78, 5) is 17.9. The summed E-state index contributed by atoms with van der Waals surface area (Å²) in [5.41, 5.74) is 0.835. The van der Waals surface area contributed by atoms with Crippen LogP contribution >= 0.6 is 23.1 Å². The Morgan fingerprint density at radius 2 is 2.19 bits per heavy atom. The molecule has 0 bridgehead atoms. The van der Waals surface area contributed by atoms with Crippen LogP contribution in [-0.2, 0) is 11.3 Å². The fourth-order valence-electron chi connectivity index (χ4n) is 1.78. The number of thiazole rings is 1. The first-order valence-corrected chi connectivity index (χ1v) is 8.13. The van der Waals surface area contributed by atoms with Gasteiger partial charge in [-0.1, -0.05) is 0 Å². The Labute approximate surface area is 129 Å². The normalized spacial score (nSPS) is 10.9. The van der Waals surface area contributed by atoms with E-state index in [9.17, 15) is 9.18 Å². The standard InChI is InChI=1S/C14H12FN3OS2/c15-10-1-3-12(4-2-10)21-9-13(19)16-7-11-8-18-5-6-20-14(18)17-11/h1-6,8H,7,9H2,(H,16,19). The molecule has 0 saturated heterocycles. The molecule has 0 saturated carbocycles. The van der Waals surface area contributed by atoms with Crippen molar-refractivity contribution >= 4 is 34.0 Å². The lowest BCUT2D eigenvalue weighted by Gasteiger charge is -2.03. The third kappa shape index (κ3) is 3.62. The molecule has 0 radical (unpaired) electrons. The van der Waals surface area contributed by atoms with E-state index >= 15 is 0 Å². The Morgan fingerprint density at radius 1 is 1.38 bits per heavy atom. The highest BCUT2D eigenvalue weighted by Crippen LogP contribution is 2.17. The van der Waals surface area contributed by atoms with Gasteiger partial charge in [0.05, 0.1) is 18.0 Å². The third-order valence-electron chi connectivity index (χ3n) is 2.79. The lowest BCUT2D eigenvalue weighted by atomic mass is 10.4. The minimum atomic E-state index is -0.274. The molecule has 108 valence electrons. The predicted octanol–water partition coefficient (Wildman–Crippen LogP) is 2.94. The first kappa shape index (κ1) is 14.1. The van der Waals surface area contributed by atoms with Crippen LogP contribution in [0.5, 0.6) is 0 Å². The molecule has 7 heteroatoms. The van der Waals surface area contributed by atoms with Crippen molar-refractivity contribution in [3.8, 4) is 0 Å². The second-order valence-electron chi connectivity index (χ2n) is 4.34. The molecule has 4 nitrogen and oxygen atoms in total. The van der Waals surface area contributed by atoms with Gasteiger partial charge in [0.25, 0.3) is 0 Å². The van der Waals surface area contributed by atoms with Gasteiger partial charge in [-0.25, -0.2) is 9.37 Å². The van der Waals surface area contributed by atoms with Crippen LogP contribution in [-0.4, -0.2) is 21.0 Å². The van der Waals surface area contributed by atoms with Crippen molar-refractivity contribution in [1.82, 2.24) is 14.7 Å². The Bertz CT molecular complexity index is 723. The Hall–Kier alpha value is -1.86. The molecular weight excluding hydrogens is 309 g/mol. The molecule has 1 aromatic carbocycles. The second-order valence-corrected chi connectivity index (χ2v) is 6.27. The van der Waals surface area contributed by atoms with Gasteiger partial charge >= 0.3 is 0 Å². The predicted molar refractivity (Wildman–Crippen MR) is 82.0 cm³/mol. The molecule has 21 heavy (non-hydrogen) atoms. The molecule has 3 aromatic rings. The molecule has 2 aromatic heterocycles. The van der Waals surface area contributed by atoms with Crippen molar-refractivity contribution in [2.45, 2.75) is 11.4 Å². The Morgan fingerprint density at radius 3 is 2.95 bits per heavy atom. The van der Waals surface area contributed by atoms with Gasteiger partial charge < -0.3 is 5.32 Å². The number of hydrogen-bond acceptors (Lipinski definition) is 4. The Balaban J connectivity index is 1.48. The van der Waals surface area contributed by atoms with Crippen LogP contribution in [0.3, 0.4) is 0 Å². The number of hydrogen-bond donors (Lipinski definition) is 1. The van der Waals surface area contributed by atoms with Crippen molar-refractivity contribution in [3.63, 3.8) is 0 Å². The SMILES string of the molecule is O=C(CSc1ccc(F)cc1)NCc1cn2ccsc2n1. The van der Waals surface area contributed by atoms with E-state index in [1.165, 1.54) is 23.9 Å². The average molecular weight is 321 g/mol. The smallest absolute Gasteiger partial charge is 0.230 e. The summed E-state index contributed by atoms with van der Waals surface area (Å²) in [5.74, 6) is -0.0438. The topological polar surface area (TPSA) is 46.4 Å². The lowest BCUT2D eigenvalue weighted by Crippen LogP contribution is -2.24. The summed E-state index contributed by atoms with van der Waals surface area (Å²) >= 11 is 2.93. The van der Waals surface area contributed by atoms with Crippen LogP contribution in [0, 0.1) is 5.82 Å². The first-order valence-electron chi connectivity index (χ1n) is 6.27. The molecule has 0 atom stereocenters. The van der Waals surface area contributed by atoms with Gasteiger partial charge in [-0.05, 0) is 24.3 Å². The van der Waals surface area contributed by atoms with Gasteiger partial charge in [-0.15, -0.1) is 23.1 Å². The lowest BCUT2D eigenvalue weighted by molar-refractivity contribution is -0.118. The van der Waals surface area contributed by atoms with Crippen molar-refractivity contribution in [2.75, 3.05) is 5.75 Å². The second kappa shape index (κ2) is 6.28. The maximum Gasteiger partial charge on any atom is 0.230 e. The number of aromatic nitrogens is 2. The van der Waals surface area contributed by atoms with E-state index < -0.39 is 0 Å². The van der Waals surface area contributed by atoms with Crippen molar-refractivity contribution in [1.29, 1.82) is 0 Å². The molecule has 1 amide bonds. The van der Waals surface area contributed by atoms with Crippen LogP contribution in [0.4, 0.5) is 4.39 Å². The fourth-order valence-corrected chi connectivity index (χ4v) is 3.23. The monoisotopic (exact) mass is 321 g/mol. The summed E-state index contributed by atoms with van der Waals surface area (Å²) in [5, 5.41) is 4.79. The molecule has 0 spiro atoms. The number of rotatable bonds is 5. The van der Waals surface area contributed by atoms with Crippen LogP contribution in [0.25, 0.3) is 4.96 Å². The number of benzene rings is 1. The number of carbonyl (C=O) groups excluding carboxylic acids is 1. The van der Waals surface area contributed by atoms with Gasteiger partial charge in [0, 0.05) is 22.7 Å². The van der Waals surface area contributed by atoms with Crippen molar-refractivity contribution in [2.24, 2.45) is 0 Å². The summed E-state index contributed by atoms with van der Waals surface area (Å²) < 4.78 is 14.7. The van der Waals surface area contributed by atoms with Crippen molar-refractivity contribution in [3.05, 3.63) is 53.6 Å². The highest BCUT2D eigenvalue weighted by atomic mass is 32.2. The molecule has 3 rings (SSSR count). The van der Waals surface area contributed by atoms with Gasteiger partial charge in [-0.2, -0.15) is 0 Å². The van der Waals surface area contributed by atoms with Crippen LogP contribution < -0.4 is 5.32 Å². The molecule has 1 N–H and O–H groups in total.